The van der Waals surface area contributed by atoms with E-state index in [1.165, 1.54) is 4.68 Å². The zero-order chi connectivity index (χ0) is 7.14. The predicted molar refractivity (Wildman–Crippen MR) is 43.2 cm³/mol. The van der Waals surface area contributed by atoms with Gasteiger partial charge in [0.25, 0.3) is 0 Å². The van der Waals surface area contributed by atoms with E-state index in [4.69, 9.17) is 0 Å². The molecule has 0 unspecified atom stereocenters. The lowest BCUT2D eigenvalue weighted by Gasteiger charge is -1.95. The van der Waals surface area contributed by atoms with Crippen molar-refractivity contribution in [3.05, 3.63) is 15.7 Å². The van der Waals surface area contributed by atoms with Gasteiger partial charge in [-0.2, -0.15) is 9.49 Å². The van der Waals surface area contributed by atoms with Gasteiger partial charge >= 0.3 is 0 Å². The smallest absolute Gasteiger partial charge is 0.225 e. The highest BCUT2D eigenvalue weighted by Gasteiger charge is 2.27. The molecule has 0 saturated heterocycles. The Balaban J connectivity index is 2.40. The molecule has 1 aromatic heterocycles. The first-order chi connectivity index (χ1) is 4.79. The van der Waals surface area contributed by atoms with Gasteiger partial charge in [-0.05, 0) is 35.4 Å². The minimum atomic E-state index is -0.178. The van der Waals surface area contributed by atoms with Crippen LogP contribution in [0.15, 0.2) is 6.20 Å². The molecular weight excluding hydrogens is 246 g/mol. The molecule has 1 saturated carbocycles. The quantitative estimate of drug-likeness (QED) is 0.698. The van der Waals surface area contributed by atoms with Gasteiger partial charge in [-0.3, -0.25) is 0 Å². The largest absolute Gasteiger partial charge is 0.236 e. The van der Waals surface area contributed by atoms with E-state index >= 15 is 0 Å². The van der Waals surface area contributed by atoms with E-state index in [1.54, 1.807) is 6.20 Å². The Morgan fingerprint density at radius 3 is 2.80 bits per heavy atom. The molecule has 0 radical (unpaired) electrons. The van der Waals surface area contributed by atoms with E-state index in [-0.39, 0.29) is 5.95 Å². The van der Waals surface area contributed by atoms with Gasteiger partial charge in [-0.1, -0.05) is 0 Å². The molecule has 1 aliphatic carbocycles. The fourth-order valence-electron chi connectivity index (χ4n) is 0.900. The molecule has 1 aliphatic rings. The zero-order valence-corrected chi connectivity index (χ0v) is 7.38. The van der Waals surface area contributed by atoms with Crippen LogP contribution in [0, 0.1) is 9.52 Å². The van der Waals surface area contributed by atoms with Crippen LogP contribution >= 0.6 is 22.6 Å². The molecule has 0 bridgehead atoms. The highest BCUT2D eigenvalue weighted by Crippen LogP contribution is 2.35. The summed E-state index contributed by atoms with van der Waals surface area (Å²) in [5.41, 5.74) is 0. The normalized spacial score (nSPS) is 17.8. The molecule has 2 rings (SSSR count). The third-order valence-electron chi connectivity index (χ3n) is 1.59. The first-order valence-corrected chi connectivity index (χ1v) is 4.25. The summed E-state index contributed by atoms with van der Waals surface area (Å²) < 4.78 is 15.0. The Hall–Kier alpha value is -0.130. The van der Waals surface area contributed by atoms with Crippen molar-refractivity contribution in [1.82, 2.24) is 9.78 Å². The Morgan fingerprint density at radius 1 is 1.70 bits per heavy atom. The number of nitrogens with zero attached hydrogens (tertiary/aromatic N) is 2. The van der Waals surface area contributed by atoms with Crippen molar-refractivity contribution in [3.63, 3.8) is 0 Å². The van der Waals surface area contributed by atoms with Crippen LogP contribution in [0.25, 0.3) is 0 Å². The van der Waals surface area contributed by atoms with Gasteiger partial charge in [0.05, 0.1) is 15.8 Å². The predicted octanol–water partition coefficient (Wildman–Crippen LogP) is 1.96. The Morgan fingerprint density at radius 2 is 2.40 bits per heavy atom. The van der Waals surface area contributed by atoms with Gasteiger partial charge in [-0.25, -0.2) is 4.68 Å². The summed E-state index contributed by atoms with van der Waals surface area (Å²) in [5.74, 6) is -0.178. The Bertz CT molecular complexity index is 254. The summed E-state index contributed by atoms with van der Waals surface area (Å²) in [5, 5.41) is 3.91. The minimum absolute atomic E-state index is 0.178. The molecule has 0 spiro atoms. The standard InChI is InChI=1S/C6H6FIN2/c7-6-5(8)3-9-10(6)4-1-2-4/h3-4H,1-2H2. The molecule has 1 heterocycles. The van der Waals surface area contributed by atoms with Crippen molar-refractivity contribution in [2.24, 2.45) is 0 Å². The highest BCUT2D eigenvalue weighted by molar-refractivity contribution is 14.1. The third-order valence-corrected chi connectivity index (χ3v) is 2.31. The van der Waals surface area contributed by atoms with Gasteiger partial charge in [0.15, 0.2) is 0 Å². The second-order valence-corrected chi connectivity index (χ2v) is 3.62. The number of aromatic nitrogens is 2. The molecular formula is C6H6FIN2. The van der Waals surface area contributed by atoms with Crippen LogP contribution in [0.3, 0.4) is 0 Å². The fraction of sp³-hybridized carbons (Fsp3) is 0.500. The van der Waals surface area contributed by atoms with Crippen molar-refractivity contribution >= 4 is 22.6 Å². The van der Waals surface area contributed by atoms with Crippen molar-refractivity contribution in [2.45, 2.75) is 18.9 Å². The lowest BCUT2D eigenvalue weighted by molar-refractivity contribution is 0.459. The molecule has 0 atom stereocenters. The van der Waals surface area contributed by atoms with Gasteiger partial charge in [0.1, 0.15) is 0 Å². The molecule has 10 heavy (non-hydrogen) atoms. The van der Waals surface area contributed by atoms with Gasteiger partial charge < -0.3 is 0 Å². The summed E-state index contributed by atoms with van der Waals surface area (Å²) >= 11 is 1.95. The molecule has 2 nitrogen and oxygen atoms in total. The monoisotopic (exact) mass is 252 g/mol. The molecule has 54 valence electrons. The summed E-state index contributed by atoms with van der Waals surface area (Å²) in [6, 6.07) is 0.350. The van der Waals surface area contributed by atoms with Crippen LogP contribution in [0.1, 0.15) is 18.9 Å². The highest BCUT2D eigenvalue weighted by atomic mass is 127. The maximum atomic E-state index is 12.9. The van der Waals surface area contributed by atoms with E-state index in [0.717, 1.165) is 12.8 Å². The maximum Gasteiger partial charge on any atom is 0.225 e. The van der Waals surface area contributed by atoms with Crippen molar-refractivity contribution in [1.29, 1.82) is 0 Å². The molecule has 0 amide bonds. The molecule has 0 N–H and O–H groups in total. The maximum absolute atomic E-state index is 12.9. The average molecular weight is 252 g/mol. The van der Waals surface area contributed by atoms with Gasteiger partial charge in [-0.15, -0.1) is 0 Å². The van der Waals surface area contributed by atoms with Crippen LogP contribution in [-0.4, -0.2) is 9.78 Å². The van der Waals surface area contributed by atoms with E-state index in [9.17, 15) is 4.39 Å². The van der Waals surface area contributed by atoms with E-state index in [1.807, 2.05) is 22.6 Å². The van der Waals surface area contributed by atoms with Gasteiger partial charge in [0.2, 0.25) is 5.95 Å². The topological polar surface area (TPSA) is 17.8 Å². The van der Waals surface area contributed by atoms with Crippen LogP contribution < -0.4 is 0 Å². The molecule has 4 heteroatoms. The summed E-state index contributed by atoms with van der Waals surface area (Å²) in [7, 11) is 0. The van der Waals surface area contributed by atoms with Crippen molar-refractivity contribution in [2.75, 3.05) is 0 Å². The van der Waals surface area contributed by atoms with Crippen molar-refractivity contribution < 1.29 is 4.39 Å². The number of hydrogen-bond donors (Lipinski definition) is 0. The lowest BCUT2D eigenvalue weighted by Crippen LogP contribution is -1.99. The summed E-state index contributed by atoms with van der Waals surface area (Å²) in [6.07, 6.45) is 3.72. The van der Waals surface area contributed by atoms with Crippen LogP contribution in [0.5, 0.6) is 0 Å². The van der Waals surface area contributed by atoms with Crippen LogP contribution in [0.4, 0.5) is 4.39 Å². The minimum Gasteiger partial charge on any atom is -0.236 e. The number of halogens is 2. The summed E-state index contributed by atoms with van der Waals surface area (Å²) in [4.78, 5) is 0. The Kier molecular flexibility index (Phi) is 1.43. The SMILES string of the molecule is Fc1c(I)cnn1C1CC1. The second kappa shape index (κ2) is 2.18. The van der Waals surface area contributed by atoms with Crippen LogP contribution in [-0.2, 0) is 0 Å². The molecule has 1 aromatic rings. The number of rotatable bonds is 1. The third kappa shape index (κ3) is 0.941. The molecule has 0 aliphatic heterocycles. The molecule has 1 fully saturated rings. The van der Waals surface area contributed by atoms with E-state index < -0.39 is 0 Å². The van der Waals surface area contributed by atoms with Gasteiger partial charge in [0, 0.05) is 0 Å². The summed E-state index contributed by atoms with van der Waals surface area (Å²) in [6.45, 7) is 0. The first-order valence-electron chi connectivity index (χ1n) is 3.17. The zero-order valence-electron chi connectivity index (χ0n) is 5.22. The fourth-order valence-corrected chi connectivity index (χ4v) is 1.27. The second-order valence-electron chi connectivity index (χ2n) is 2.46. The average Bonchev–Trinajstić information content (AvgIpc) is 2.67. The van der Waals surface area contributed by atoms with E-state index in [2.05, 4.69) is 5.10 Å². The first kappa shape index (κ1) is 6.57. The number of hydrogen-bond acceptors (Lipinski definition) is 1. The van der Waals surface area contributed by atoms with Crippen LogP contribution in [0.2, 0.25) is 0 Å². The van der Waals surface area contributed by atoms with Crippen molar-refractivity contribution in [3.8, 4) is 0 Å². The van der Waals surface area contributed by atoms with E-state index in [0.29, 0.717) is 9.61 Å². The lowest BCUT2D eigenvalue weighted by atomic mass is 10.6. The Labute approximate surface area is 71.6 Å². The molecule has 0 aromatic carbocycles.